The summed E-state index contributed by atoms with van der Waals surface area (Å²) in [5, 5.41) is 3.66. The van der Waals surface area contributed by atoms with Gasteiger partial charge in [0.05, 0.1) is 12.1 Å². The van der Waals surface area contributed by atoms with E-state index >= 15 is 0 Å². The van der Waals surface area contributed by atoms with Crippen molar-refractivity contribution in [3.8, 4) is 0 Å². The lowest BCUT2D eigenvalue weighted by molar-refractivity contribution is -0.143. The number of rotatable bonds is 27. The summed E-state index contributed by atoms with van der Waals surface area (Å²) in [6, 6.07) is 6.98. The molecule has 4 nitrogen and oxygen atoms in total. The van der Waals surface area contributed by atoms with Crippen molar-refractivity contribution in [1.82, 2.24) is 5.32 Å². The van der Waals surface area contributed by atoms with Gasteiger partial charge in [0.1, 0.15) is 0 Å². The van der Waals surface area contributed by atoms with Crippen LogP contribution in [0.25, 0.3) is 0 Å². The van der Waals surface area contributed by atoms with Crippen LogP contribution in [-0.2, 0) is 32.7 Å². The second-order valence-corrected chi connectivity index (χ2v) is 12.5. The van der Waals surface area contributed by atoms with E-state index in [1.807, 2.05) is 6.92 Å². The second-order valence-electron chi connectivity index (χ2n) is 12.5. The van der Waals surface area contributed by atoms with E-state index in [1.54, 1.807) is 0 Å². The fourth-order valence-corrected chi connectivity index (χ4v) is 6.33. The quantitative estimate of drug-likeness (QED) is 0.0825. The molecule has 0 saturated heterocycles. The predicted octanol–water partition coefficient (Wildman–Crippen LogP) is 10.9. The van der Waals surface area contributed by atoms with Gasteiger partial charge in [-0.15, -0.1) is 0 Å². The smallest absolute Gasteiger partial charge is 0.305 e. The number of hydrogen-bond donors (Lipinski definition) is 1. The fourth-order valence-electron chi connectivity index (χ4n) is 6.33. The third-order valence-corrected chi connectivity index (χ3v) is 8.75. The summed E-state index contributed by atoms with van der Waals surface area (Å²) in [4.78, 5) is 25.6. The van der Waals surface area contributed by atoms with Crippen LogP contribution < -0.4 is 5.32 Å². The number of hydrogen-bond acceptors (Lipinski definition) is 3. The molecule has 0 atom stereocenters. The van der Waals surface area contributed by atoms with Crippen LogP contribution in [0, 0.1) is 0 Å². The van der Waals surface area contributed by atoms with Crippen molar-refractivity contribution in [2.24, 2.45) is 0 Å². The van der Waals surface area contributed by atoms with Crippen LogP contribution in [0.1, 0.15) is 186 Å². The Kier molecular flexibility index (Phi) is 22.4. The topological polar surface area (TPSA) is 55.4 Å². The highest BCUT2D eigenvalue weighted by atomic mass is 16.5. The molecule has 4 heteroatoms. The maximum Gasteiger partial charge on any atom is 0.305 e. The van der Waals surface area contributed by atoms with Gasteiger partial charge in [-0.3, -0.25) is 9.59 Å². The van der Waals surface area contributed by atoms with Crippen molar-refractivity contribution in [3.05, 3.63) is 34.9 Å². The average Bonchev–Trinajstić information content (AvgIpc) is 2.98. The summed E-state index contributed by atoms with van der Waals surface area (Å²) < 4.78 is 5.11. The Balaban J connectivity index is 3.45. The van der Waals surface area contributed by atoms with Crippen LogP contribution in [0.5, 0.6) is 0 Å². The lowest BCUT2D eigenvalue weighted by Crippen LogP contribution is -2.47. The molecular weight excluding hydrogens is 518 g/mol. The summed E-state index contributed by atoms with van der Waals surface area (Å²) >= 11 is 0. The Bertz CT molecular complexity index is 822. The summed E-state index contributed by atoms with van der Waals surface area (Å²) in [6.07, 6.45) is 25.0. The fraction of sp³-hybridized carbons (Fsp3) is 0.789. The lowest BCUT2D eigenvalue weighted by atomic mass is 9.75. The first-order chi connectivity index (χ1) is 20.5. The van der Waals surface area contributed by atoms with Gasteiger partial charge >= 0.3 is 5.97 Å². The van der Waals surface area contributed by atoms with Crippen molar-refractivity contribution in [3.63, 3.8) is 0 Å². The highest BCUT2D eigenvalue weighted by Gasteiger charge is 2.35. The molecule has 0 aliphatic heterocycles. The predicted molar refractivity (Wildman–Crippen MR) is 180 cm³/mol. The third kappa shape index (κ3) is 15.6. The Hall–Kier alpha value is -1.84. The zero-order valence-corrected chi connectivity index (χ0v) is 28.4. The van der Waals surface area contributed by atoms with E-state index in [9.17, 15) is 9.59 Å². The molecule has 0 spiro atoms. The van der Waals surface area contributed by atoms with Crippen molar-refractivity contribution in [2.75, 3.05) is 6.61 Å². The van der Waals surface area contributed by atoms with Gasteiger partial charge in [-0.25, -0.2) is 0 Å². The molecule has 1 N–H and O–H groups in total. The van der Waals surface area contributed by atoms with Crippen LogP contribution in [0.4, 0.5) is 0 Å². The molecule has 0 unspecified atom stereocenters. The number of amides is 1. The number of benzene rings is 1. The van der Waals surface area contributed by atoms with Crippen molar-refractivity contribution < 1.29 is 14.3 Å². The SMILES string of the molecule is CCCCCCc1cccc(C(CCCCCC)(CCCCCC)NC(=O)CCCC(=O)OCC)c1CCCCCC. The van der Waals surface area contributed by atoms with Crippen LogP contribution in [0.2, 0.25) is 0 Å². The van der Waals surface area contributed by atoms with Crippen LogP contribution in [0.15, 0.2) is 18.2 Å². The van der Waals surface area contributed by atoms with E-state index in [2.05, 4.69) is 51.2 Å². The van der Waals surface area contributed by atoms with Gasteiger partial charge in [-0.05, 0) is 68.6 Å². The third-order valence-electron chi connectivity index (χ3n) is 8.75. The number of unbranched alkanes of at least 4 members (excludes halogenated alkanes) is 12. The number of aryl methyl sites for hydroxylation is 1. The molecule has 1 aromatic carbocycles. The van der Waals surface area contributed by atoms with Crippen molar-refractivity contribution >= 4 is 11.9 Å². The van der Waals surface area contributed by atoms with Gasteiger partial charge in [0.2, 0.25) is 5.91 Å². The molecule has 1 rings (SSSR count). The molecule has 1 aromatic rings. The minimum atomic E-state index is -0.345. The minimum Gasteiger partial charge on any atom is -0.466 e. The largest absolute Gasteiger partial charge is 0.466 e. The number of carbonyl (C=O) groups is 2. The normalized spacial score (nSPS) is 11.5. The molecule has 1 amide bonds. The number of nitrogens with one attached hydrogen (secondary N) is 1. The molecule has 0 bridgehead atoms. The molecule has 42 heavy (non-hydrogen) atoms. The molecule has 0 heterocycles. The molecule has 0 fully saturated rings. The molecule has 0 aliphatic carbocycles. The molecule has 0 radical (unpaired) electrons. The average molecular weight is 586 g/mol. The molecule has 0 saturated carbocycles. The molecule has 0 aliphatic rings. The van der Waals surface area contributed by atoms with E-state index in [0.717, 1.165) is 38.5 Å². The highest BCUT2D eigenvalue weighted by Crippen LogP contribution is 2.38. The Morgan fingerprint density at radius 1 is 0.643 bits per heavy atom. The standard InChI is InChI=1S/C38H67NO3/c1-6-11-15-19-25-33-26-23-28-35(34(33)27-20-16-12-7-2)38(31-21-17-13-8-3,32-22-18-14-9-4)39-36(40)29-24-30-37(41)42-10-5/h23,26,28H,6-22,24-25,27,29-32H2,1-5H3,(H,39,40). The number of esters is 1. The van der Waals surface area contributed by atoms with Gasteiger partial charge in [0.25, 0.3) is 0 Å². The zero-order chi connectivity index (χ0) is 30.9. The summed E-state index contributed by atoms with van der Waals surface area (Å²) in [5.74, 6) is -0.128. The monoisotopic (exact) mass is 586 g/mol. The number of carbonyl (C=O) groups excluding carboxylic acids is 2. The van der Waals surface area contributed by atoms with E-state index in [0.29, 0.717) is 25.9 Å². The number of ether oxygens (including phenoxy) is 1. The first kappa shape index (κ1) is 38.2. The van der Waals surface area contributed by atoms with E-state index < -0.39 is 0 Å². The summed E-state index contributed by atoms with van der Waals surface area (Å²) in [5.41, 5.74) is 4.06. The van der Waals surface area contributed by atoms with Gasteiger partial charge in [-0.2, -0.15) is 0 Å². The molecule has 242 valence electrons. The van der Waals surface area contributed by atoms with Crippen LogP contribution in [0.3, 0.4) is 0 Å². The van der Waals surface area contributed by atoms with E-state index in [1.165, 1.54) is 107 Å². The van der Waals surface area contributed by atoms with Crippen LogP contribution in [-0.4, -0.2) is 18.5 Å². The zero-order valence-electron chi connectivity index (χ0n) is 28.4. The summed E-state index contributed by atoms with van der Waals surface area (Å²) in [7, 11) is 0. The maximum atomic E-state index is 13.6. The Morgan fingerprint density at radius 3 is 1.74 bits per heavy atom. The van der Waals surface area contributed by atoms with E-state index in [4.69, 9.17) is 4.74 Å². The van der Waals surface area contributed by atoms with Gasteiger partial charge in [0, 0.05) is 12.8 Å². The highest BCUT2D eigenvalue weighted by molar-refractivity contribution is 5.78. The van der Waals surface area contributed by atoms with Gasteiger partial charge in [0.15, 0.2) is 0 Å². The summed E-state index contributed by atoms with van der Waals surface area (Å²) in [6.45, 7) is 11.3. The molecule has 0 aromatic heterocycles. The molecular formula is C38H67NO3. The van der Waals surface area contributed by atoms with Crippen molar-refractivity contribution in [2.45, 2.75) is 188 Å². The van der Waals surface area contributed by atoms with Crippen molar-refractivity contribution in [1.29, 1.82) is 0 Å². The minimum absolute atomic E-state index is 0.0792. The second kappa shape index (κ2) is 24.6. The lowest BCUT2D eigenvalue weighted by Gasteiger charge is -2.38. The first-order valence-corrected chi connectivity index (χ1v) is 18.1. The van der Waals surface area contributed by atoms with Crippen LogP contribution >= 0.6 is 0 Å². The Labute approximate surface area is 260 Å². The van der Waals surface area contributed by atoms with Gasteiger partial charge < -0.3 is 10.1 Å². The van der Waals surface area contributed by atoms with Gasteiger partial charge in [-0.1, -0.05) is 136 Å². The van der Waals surface area contributed by atoms with E-state index in [-0.39, 0.29) is 17.4 Å². The Morgan fingerprint density at radius 2 is 1.19 bits per heavy atom. The first-order valence-electron chi connectivity index (χ1n) is 18.1. The maximum absolute atomic E-state index is 13.6.